The van der Waals surface area contributed by atoms with E-state index in [1.807, 2.05) is 36.4 Å². The zero-order valence-corrected chi connectivity index (χ0v) is 24.4. The zero-order chi connectivity index (χ0) is 31.1. The van der Waals surface area contributed by atoms with Crippen molar-refractivity contribution >= 4 is 45.8 Å². The molecule has 9 nitrogen and oxygen atoms in total. The van der Waals surface area contributed by atoms with Crippen molar-refractivity contribution in [3.05, 3.63) is 102 Å². The monoisotopic (exact) mass is 596 g/mol. The topological polar surface area (TPSA) is 147 Å². The van der Waals surface area contributed by atoms with Crippen molar-refractivity contribution in [3.63, 3.8) is 0 Å². The molecule has 3 aromatic rings. The second-order valence-electron chi connectivity index (χ2n) is 9.43. The van der Waals surface area contributed by atoms with Gasteiger partial charge in [0.05, 0.1) is 17.9 Å². The predicted octanol–water partition coefficient (Wildman–Crippen LogP) is 5.35. The molecular formula is C32H37ClN2O7. The average molecular weight is 597 g/mol. The Labute approximate surface area is 250 Å². The van der Waals surface area contributed by atoms with Crippen molar-refractivity contribution in [1.29, 1.82) is 0 Å². The highest BCUT2D eigenvalue weighted by atomic mass is 35.5. The summed E-state index contributed by atoms with van der Waals surface area (Å²) in [5, 5.41) is 38.1. The van der Waals surface area contributed by atoms with Crippen molar-refractivity contribution in [3.8, 4) is 0 Å². The smallest absolute Gasteiger partial charge is 0.336 e. The molecule has 0 radical (unpaired) electrons. The van der Waals surface area contributed by atoms with E-state index in [1.54, 1.807) is 0 Å². The van der Waals surface area contributed by atoms with Gasteiger partial charge in [-0.05, 0) is 41.9 Å². The Morgan fingerprint density at radius 1 is 0.738 bits per heavy atom. The van der Waals surface area contributed by atoms with E-state index < -0.39 is 36.4 Å². The number of hydrogen-bond donors (Lipinski definition) is 5. The summed E-state index contributed by atoms with van der Waals surface area (Å²) in [7, 11) is 0. The van der Waals surface area contributed by atoms with Crippen LogP contribution in [0.5, 0.6) is 0 Å². The summed E-state index contributed by atoms with van der Waals surface area (Å²) < 4.78 is 0. The third-order valence-electron chi connectivity index (χ3n) is 6.42. The van der Waals surface area contributed by atoms with Crippen LogP contribution >= 0.6 is 11.6 Å². The normalized spacial score (nSPS) is 11.6. The number of carbonyl (C=O) groups is 3. The Kier molecular flexibility index (Phi) is 13.7. The number of hydrogen-bond acceptors (Lipinski definition) is 6. The van der Waals surface area contributed by atoms with Gasteiger partial charge in [0.15, 0.2) is 5.60 Å². The number of aliphatic hydroxyl groups is 1. The van der Waals surface area contributed by atoms with Crippen molar-refractivity contribution in [1.82, 2.24) is 4.90 Å². The van der Waals surface area contributed by atoms with Crippen LogP contribution in [0.25, 0.3) is 10.6 Å². The lowest BCUT2D eigenvalue weighted by atomic mass is 9.95. The van der Waals surface area contributed by atoms with Gasteiger partial charge in [-0.3, -0.25) is 9.59 Å². The molecule has 3 aromatic carbocycles. The van der Waals surface area contributed by atoms with Crippen molar-refractivity contribution in [2.24, 2.45) is 0 Å². The second-order valence-corrected chi connectivity index (χ2v) is 9.81. The fraction of sp³-hybridized carbons (Fsp3) is 0.281. The van der Waals surface area contributed by atoms with E-state index in [4.69, 9.17) is 32.0 Å². The summed E-state index contributed by atoms with van der Waals surface area (Å²) in [4.78, 5) is 32.9. The first-order valence-corrected chi connectivity index (χ1v) is 13.8. The molecule has 0 aromatic heterocycles. The van der Waals surface area contributed by atoms with Crippen molar-refractivity contribution < 1.29 is 34.8 Å². The van der Waals surface area contributed by atoms with Gasteiger partial charge in [0.25, 0.3) is 0 Å². The quantitative estimate of drug-likeness (QED) is 0.155. The molecule has 0 saturated heterocycles. The highest BCUT2D eigenvalue weighted by Crippen LogP contribution is 2.35. The van der Waals surface area contributed by atoms with Gasteiger partial charge in [-0.2, -0.15) is 0 Å². The first-order chi connectivity index (χ1) is 20.0. The van der Waals surface area contributed by atoms with Gasteiger partial charge in [-0.15, -0.1) is 0 Å². The molecule has 0 fully saturated rings. The van der Waals surface area contributed by atoms with Gasteiger partial charge >= 0.3 is 17.9 Å². The Balaban J connectivity index is 0.000000401. The lowest BCUT2D eigenvalue weighted by Crippen LogP contribution is -2.42. The maximum Gasteiger partial charge on any atom is 0.336 e. The van der Waals surface area contributed by atoms with Crippen LogP contribution in [0.1, 0.15) is 43.4 Å². The van der Waals surface area contributed by atoms with Crippen LogP contribution in [0.2, 0.25) is 0 Å². The molecule has 0 spiro atoms. The molecule has 0 unspecified atom stereocenters. The molecule has 42 heavy (non-hydrogen) atoms. The molecule has 0 bridgehead atoms. The third-order valence-corrected chi connectivity index (χ3v) is 6.83. The molecule has 0 amide bonds. The number of nitrogens with one attached hydrogen (secondary N) is 1. The molecule has 0 aliphatic carbocycles. The minimum atomic E-state index is -2.74. The molecule has 3 rings (SSSR count). The summed E-state index contributed by atoms with van der Waals surface area (Å²) in [5.74, 6) is -5.02. The van der Waals surface area contributed by atoms with Crippen LogP contribution in [0.3, 0.4) is 0 Å². The van der Waals surface area contributed by atoms with E-state index >= 15 is 0 Å². The van der Waals surface area contributed by atoms with E-state index in [2.05, 4.69) is 72.6 Å². The van der Waals surface area contributed by atoms with Crippen LogP contribution in [0, 0.1) is 0 Å². The number of benzene rings is 3. The number of anilines is 1. The summed E-state index contributed by atoms with van der Waals surface area (Å²) in [6.45, 7) is 8.55. The standard InChI is InChI=1S/C26H29ClN2.C6H8O7/c1-3-29(4-2)20-19-28-24-17-15-22(16-18-24)25(21-11-7-5-8-12-21)26(27)23-13-9-6-10-14-23;7-3(8)1-6(13,5(11)12)2-4(9)10/h5-18,28H,3-4,19-20H2,1-2H3;13H,1-2H2,(H,7,8)(H,9,10)(H,11,12)/b26-25-;. The van der Waals surface area contributed by atoms with Gasteiger partial charge in [-0.1, -0.05) is 98.2 Å². The van der Waals surface area contributed by atoms with Crippen LogP contribution in [0.4, 0.5) is 5.69 Å². The van der Waals surface area contributed by atoms with Crippen molar-refractivity contribution in [2.45, 2.75) is 32.3 Å². The summed E-state index contributed by atoms with van der Waals surface area (Å²) in [6.07, 6.45) is -2.29. The van der Waals surface area contributed by atoms with E-state index in [0.717, 1.165) is 59.2 Å². The highest BCUT2D eigenvalue weighted by molar-refractivity contribution is 6.53. The Hall–Kier alpha value is -4.18. The summed E-state index contributed by atoms with van der Waals surface area (Å²) in [6, 6.07) is 29.0. The molecule has 0 aliphatic rings. The van der Waals surface area contributed by atoms with Gasteiger partial charge in [0, 0.05) is 24.4 Å². The van der Waals surface area contributed by atoms with Crippen LogP contribution in [-0.4, -0.2) is 75.0 Å². The maximum absolute atomic E-state index is 10.3. The number of aliphatic carboxylic acids is 3. The minimum absolute atomic E-state index is 0.763. The Morgan fingerprint density at radius 2 is 1.19 bits per heavy atom. The van der Waals surface area contributed by atoms with Gasteiger partial charge < -0.3 is 30.6 Å². The van der Waals surface area contributed by atoms with Crippen LogP contribution < -0.4 is 5.32 Å². The maximum atomic E-state index is 10.3. The molecular weight excluding hydrogens is 560 g/mol. The summed E-state index contributed by atoms with van der Waals surface area (Å²) >= 11 is 6.89. The number of carboxylic acids is 3. The van der Waals surface area contributed by atoms with E-state index in [1.165, 1.54) is 0 Å². The number of rotatable bonds is 14. The van der Waals surface area contributed by atoms with Gasteiger partial charge in [-0.25, -0.2) is 4.79 Å². The van der Waals surface area contributed by atoms with Gasteiger partial charge in [0.2, 0.25) is 0 Å². The highest BCUT2D eigenvalue weighted by Gasteiger charge is 2.40. The lowest BCUT2D eigenvalue weighted by Gasteiger charge is -2.18. The average Bonchev–Trinajstić information content (AvgIpc) is 2.96. The number of carboxylic acid groups (broad SMARTS) is 3. The Morgan fingerprint density at radius 3 is 1.62 bits per heavy atom. The molecule has 0 atom stereocenters. The van der Waals surface area contributed by atoms with Crippen molar-refractivity contribution in [2.75, 3.05) is 31.5 Å². The first kappa shape index (κ1) is 34.0. The molecule has 224 valence electrons. The molecule has 0 saturated carbocycles. The Bertz CT molecular complexity index is 1310. The molecule has 5 N–H and O–H groups in total. The second kappa shape index (κ2) is 16.9. The van der Waals surface area contributed by atoms with E-state index in [-0.39, 0.29) is 0 Å². The third kappa shape index (κ3) is 10.7. The predicted molar refractivity (Wildman–Crippen MR) is 164 cm³/mol. The SMILES string of the molecule is CCN(CC)CCNc1ccc(/C(=C(\Cl)c2ccccc2)c2ccccc2)cc1.O=C(O)CC(O)(CC(=O)O)C(=O)O. The minimum Gasteiger partial charge on any atom is -0.481 e. The number of halogens is 1. The molecule has 0 heterocycles. The van der Waals surface area contributed by atoms with E-state index in [0.29, 0.717) is 0 Å². The largest absolute Gasteiger partial charge is 0.481 e. The molecule has 0 aliphatic heterocycles. The first-order valence-electron chi connectivity index (χ1n) is 13.5. The number of nitrogens with zero attached hydrogens (tertiary/aromatic N) is 1. The molecule has 10 heteroatoms. The van der Waals surface area contributed by atoms with E-state index in [9.17, 15) is 14.4 Å². The number of likely N-dealkylation sites (N-methyl/N-ethyl adjacent to an activating group) is 1. The lowest BCUT2D eigenvalue weighted by molar-refractivity contribution is -0.170. The fourth-order valence-electron chi connectivity index (χ4n) is 4.12. The fourth-order valence-corrected chi connectivity index (χ4v) is 4.46. The zero-order valence-electron chi connectivity index (χ0n) is 23.7. The van der Waals surface area contributed by atoms with Crippen LogP contribution in [0.15, 0.2) is 84.9 Å². The summed E-state index contributed by atoms with van der Waals surface area (Å²) in [5.41, 5.74) is 2.69. The van der Waals surface area contributed by atoms with Gasteiger partial charge in [0.1, 0.15) is 0 Å². The van der Waals surface area contributed by atoms with Crippen LogP contribution in [-0.2, 0) is 14.4 Å².